The molecule has 3 nitrogen and oxygen atoms in total. The topological polar surface area (TPSA) is 21.7 Å². The molecular weight excluding hydrogens is 453 g/mol. The molecule has 31 heavy (non-hydrogen) atoms. The highest BCUT2D eigenvalue weighted by Gasteiger charge is 2.35. The van der Waals surface area contributed by atoms with Gasteiger partial charge < -0.3 is 9.47 Å². The van der Waals surface area contributed by atoms with E-state index in [1.54, 1.807) is 26.4 Å². The van der Waals surface area contributed by atoms with Crippen LogP contribution in [0.2, 0.25) is 0 Å². The first-order chi connectivity index (χ1) is 14.4. The highest BCUT2D eigenvalue weighted by molar-refractivity contribution is 8.18. The van der Waals surface area contributed by atoms with Crippen LogP contribution >= 0.6 is 35.9 Å². The number of ether oxygens (including phenoxy) is 2. The number of hydrogen-bond donors (Lipinski definition) is 0. The first-order valence-corrected chi connectivity index (χ1v) is 12.4. The fourth-order valence-corrected chi connectivity index (χ4v) is 6.84. The molecule has 0 spiro atoms. The van der Waals surface area contributed by atoms with E-state index in [0.717, 1.165) is 31.0 Å². The molecule has 0 aliphatic carbocycles. The molecule has 0 bridgehead atoms. The van der Waals surface area contributed by atoms with Gasteiger partial charge in [-0.15, -0.1) is 35.9 Å². The zero-order valence-corrected chi connectivity index (χ0v) is 21.2. The summed E-state index contributed by atoms with van der Waals surface area (Å²) in [7, 11) is 3.34. The minimum absolute atomic E-state index is 0. The highest BCUT2D eigenvalue weighted by Crippen LogP contribution is 2.45. The quantitative estimate of drug-likeness (QED) is 0.405. The minimum atomic E-state index is -0.179. The lowest BCUT2D eigenvalue weighted by Gasteiger charge is -2.44. The summed E-state index contributed by atoms with van der Waals surface area (Å²) in [4.78, 5) is 2.60. The van der Waals surface area contributed by atoms with Crippen molar-refractivity contribution in [1.82, 2.24) is 4.90 Å². The van der Waals surface area contributed by atoms with Crippen LogP contribution in [0.25, 0.3) is 0 Å². The van der Waals surface area contributed by atoms with Gasteiger partial charge in [0.25, 0.3) is 0 Å². The third-order valence-corrected chi connectivity index (χ3v) is 8.93. The van der Waals surface area contributed by atoms with Crippen molar-refractivity contribution < 1.29 is 13.9 Å². The normalized spacial score (nSPS) is 16.5. The van der Waals surface area contributed by atoms with Crippen molar-refractivity contribution in [2.75, 3.05) is 38.8 Å². The smallest absolute Gasteiger partial charge is 0.160 e. The average Bonchev–Trinajstić information content (AvgIpc) is 2.77. The summed E-state index contributed by atoms with van der Waals surface area (Å²) in [6.07, 6.45) is 2.20. The van der Waals surface area contributed by atoms with Crippen LogP contribution in [-0.4, -0.2) is 47.9 Å². The number of hydrogen-bond acceptors (Lipinski definition) is 5. The van der Waals surface area contributed by atoms with Crippen molar-refractivity contribution in [2.45, 2.75) is 36.8 Å². The van der Waals surface area contributed by atoms with Gasteiger partial charge in [-0.1, -0.05) is 25.1 Å². The van der Waals surface area contributed by atoms with Gasteiger partial charge in [0.1, 0.15) is 10.0 Å². The Bertz CT molecular complexity index is 816. The van der Waals surface area contributed by atoms with Gasteiger partial charge >= 0.3 is 0 Å². The predicted octanol–water partition coefficient (Wildman–Crippen LogP) is 6.46. The van der Waals surface area contributed by atoms with Crippen molar-refractivity contribution in [3.8, 4) is 11.5 Å². The zero-order chi connectivity index (χ0) is 21.6. The molecule has 0 saturated carbocycles. The molecule has 1 fully saturated rings. The minimum Gasteiger partial charge on any atom is -0.493 e. The van der Waals surface area contributed by atoms with Gasteiger partial charge in [-0.05, 0) is 72.6 Å². The van der Waals surface area contributed by atoms with Crippen molar-refractivity contribution in [3.63, 3.8) is 0 Å². The second-order valence-corrected chi connectivity index (χ2v) is 11.0. The maximum Gasteiger partial charge on any atom is 0.160 e. The molecule has 172 valence electrons. The Morgan fingerprint density at radius 3 is 2.29 bits per heavy atom. The molecule has 3 rings (SSSR count). The Kier molecular flexibility index (Phi) is 10.3. The molecular formula is C24H33ClFNO2S2. The van der Waals surface area contributed by atoms with E-state index in [1.807, 2.05) is 41.7 Å². The number of rotatable bonds is 9. The predicted molar refractivity (Wildman–Crippen MR) is 135 cm³/mol. The molecule has 1 atom stereocenters. The van der Waals surface area contributed by atoms with Gasteiger partial charge in [-0.25, -0.2) is 4.39 Å². The van der Waals surface area contributed by atoms with E-state index in [-0.39, 0.29) is 22.4 Å². The number of thioether (sulfide) groups is 2. The van der Waals surface area contributed by atoms with Crippen molar-refractivity contribution in [2.24, 2.45) is 0 Å². The molecule has 0 radical (unpaired) electrons. The Balaban J connectivity index is 0.00000341. The zero-order valence-electron chi connectivity index (χ0n) is 18.7. The second-order valence-electron chi connectivity index (χ2n) is 7.79. The summed E-state index contributed by atoms with van der Waals surface area (Å²) >= 11 is 4.09. The van der Waals surface area contributed by atoms with Gasteiger partial charge in [0.15, 0.2) is 11.5 Å². The van der Waals surface area contributed by atoms with E-state index in [2.05, 4.69) is 30.9 Å². The fourth-order valence-electron chi connectivity index (χ4n) is 3.79. The van der Waals surface area contributed by atoms with Crippen LogP contribution in [0, 0.1) is 5.82 Å². The molecule has 1 aliphatic heterocycles. The van der Waals surface area contributed by atoms with Gasteiger partial charge in [0, 0.05) is 13.1 Å². The van der Waals surface area contributed by atoms with Crippen LogP contribution in [0.15, 0.2) is 42.5 Å². The first kappa shape index (κ1) is 26.2. The van der Waals surface area contributed by atoms with Crippen LogP contribution in [0.3, 0.4) is 0 Å². The van der Waals surface area contributed by atoms with E-state index in [9.17, 15) is 4.39 Å². The van der Waals surface area contributed by atoms with E-state index in [1.165, 1.54) is 29.1 Å². The summed E-state index contributed by atoms with van der Waals surface area (Å²) in [5, 5.41) is 0. The molecule has 1 unspecified atom stereocenters. The van der Waals surface area contributed by atoms with Crippen molar-refractivity contribution >= 4 is 35.9 Å². The van der Waals surface area contributed by atoms with E-state index in [0.29, 0.717) is 5.92 Å². The number of halogens is 2. The monoisotopic (exact) mass is 485 g/mol. The lowest BCUT2D eigenvalue weighted by atomic mass is 10.00. The average molecular weight is 486 g/mol. The van der Waals surface area contributed by atoms with Gasteiger partial charge in [0.2, 0.25) is 0 Å². The molecule has 1 aliphatic rings. The third-order valence-electron chi connectivity index (χ3n) is 5.65. The first-order valence-electron chi connectivity index (χ1n) is 10.4. The lowest BCUT2D eigenvalue weighted by Crippen LogP contribution is -2.46. The highest BCUT2D eigenvalue weighted by atomic mass is 35.5. The van der Waals surface area contributed by atoms with Crippen LogP contribution < -0.4 is 9.47 Å². The van der Waals surface area contributed by atoms with E-state index in [4.69, 9.17) is 9.47 Å². The van der Waals surface area contributed by atoms with Gasteiger partial charge in [0.05, 0.1) is 14.2 Å². The summed E-state index contributed by atoms with van der Waals surface area (Å²) < 4.78 is 24.3. The lowest BCUT2D eigenvalue weighted by molar-refractivity contribution is 0.236. The van der Waals surface area contributed by atoms with Crippen LogP contribution in [0.1, 0.15) is 37.3 Å². The Hall–Kier alpha value is -1.08. The van der Waals surface area contributed by atoms with Crippen LogP contribution in [-0.2, 0) is 6.42 Å². The molecule has 1 heterocycles. The molecule has 2 aromatic carbocycles. The van der Waals surface area contributed by atoms with E-state index >= 15 is 0 Å². The van der Waals surface area contributed by atoms with Gasteiger partial charge in [-0.2, -0.15) is 0 Å². The SMILES string of the molecule is COc1ccc(CCN(CC(C)c2ccc(F)cc2)C2(C)SCCCS2)cc1OC.Cl. The third kappa shape index (κ3) is 6.95. The molecule has 2 aromatic rings. The fraction of sp³-hybridized carbons (Fsp3) is 0.500. The van der Waals surface area contributed by atoms with Crippen molar-refractivity contribution in [3.05, 3.63) is 59.4 Å². The standard InChI is InChI=1S/C24H32FNO2S2.ClH/c1-18(20-7-9-21(25)10-8-20)17-26(24(2)29-14-5-15-30-24)13-12-19-6-11-22(27-3)23(16-19)28-4;/h6-11,16,18H,5,12-15,17H2,1-4H3;1H. The van der Waals surface area contributed by atoms with E-state index < -0.39 is 0 Å². The number of benzene rings is 2. The van der Waals surface area contributed by atoms with Crippen molar-refractivity contribution in [1.29, 1.82) is 0 Å². The van der Waals surface area contributed by atoms with Gasteiger partial charge in [-0.3, -0.25) is 4.90 Å². The molecule has 0 amide bonds. The Morgan fingerprint density at radius 2 is 1.68 bits per heavy atom. The van der Waals surface area contributed by atoms with Crippen LogP contribution in [0.5, 0.6) is 11.5 Å². The summed E-state index contributed by atoms with van der Waals surface area (Å²) in [5.74, 6) is 4.07. The van der Waals surface area contributed by atoms with Crippen LogP contribution in [0.4, 0.5) is 4.39 Å². The molecule has 0 aromatic heterocycles. The maximum atomic E-state index is 13.4. The maximum absolute atomic E-state index is 13.4. The Labute approximate surface area is 200 Å². The molecule has 1 saturated heterocycles. The largest absolute Gasteiger partial charge is 0.493 e. The molecule has 7 heteroatoms. The number of methoxy groups -OCH3 is 2. The second kappa shape index (κ2) is 12.2. The summed E-state index contributed by atoms with van der Waals surface area (Å²) in [5.41, 5.74) is 2.42. The molecule has 0 N–H and O–H groups in total. The summed E-state index contributed by atoms with van der Waals surface area (Å²) in [6.45, 7) is 6.48. The number of nitrogens with zero attached hydrogens (tertiary/aromatic N) is 1. The summed E-state index contributed by atoms with van der Waals surface area (Å²) in [6, 6.07) is 13.1. The Morgan fingerprint density at radius 1 is 1.03 bits per heavy atom.